The predicted octanol–water partition coefficient (Wildman–Crippen LogP) is 4.96. The average Bonchev–Trinajstić information content (AvgIpc) is 3.14. The molecule has 0 saturated carbocycles. The Hall–Kier alpha value is -2.51. The zero-order valence-electron chi connectivity index (χ0n) is 15.3. The van der Waals surface area contributed by atoms with Gasteiger partial charge in [0.2, 0.25) is 0 Å². The molecule has 0 aliphatic heterocycles. The number of aromatic nitrogens is 1. The molecule has 3 rings (SSSR count). The fraction of sp³-hybridized carbons (Fsp3) is 0.250. The number of halogens is 2. The van der Waals surface area contributed by atoms with Gasteiger partial charge in [0, 0.05) is 35.2 Å². The van der Waals surface area contributed by atoms with Gasteiger partial charge in [-0.15, -0.1) is 11.3 Å². The molecule has 4 nitrogen and oxygen atoms in total. The summed E-state index contributed by atoms with van der Waals surface area (Å²) in [6.07, 6.45) is 0. The van der Waals surface area contributed by atoms with Gasteiger partial charge in [0.15, 0.2) is 11.5 Å². The lowest BCUT2D eigenvalue weighted by Gasteiger charge is -2.14. The van der Waals surface area contributed by atoms with Crippen LogP contribution in [0.2, 0.25) is 0 Å². The Morgan fingerprint density at radius 2 is 1.85 bits per heavy atom. The van der Waals surface area contributed by atoms with Crippen molar-refractivity contribution in [3.8, 4) is 22.1 Å². The van der Waals surface area contributed by atoms with Gasteiger partial charge in [-0.1, -0.05) is 6.07 Å². The lowest BCUT2D eigenvalue weighted by atomic mass is 10.1. The van der Waals surface area contributed by atoms with E-state index < -0.39 is 11.6 Å². The monoisotopic (exact) mass is 390 g/mol. The van der Waals surface area contributed by atoms with Gasteiger partial charge in [-0.2, -0.15) is 0 Å². The van der Waals surface area contributed by atoms with Crippen LogP contribution < -0.4 is 14.8 Å². The third-order valence-electron chi connectivity index (χ3n) is 4.20. The first-order chi connectivity index (χ1) is 13.0. The van der Waals surface area contributed by atoms with Gasteiger partial charge in [0.25, 0.3) is 0 Å². The van der Waals surface area contributed by atoms with E-state index in [1.807, 2.05) is 30.5 Å². The SMILES string of the molecule is COc1ccc(-c2nc(CN[C@H](C)c3ccc(F)cc3F)cs2)cc1OC. The lowest BCUT2D eigenvalue weighted by Crippen LogP contribution is -2.19. The van der Waals surface area contributed by atoms with E-state index in [9.17, 15) is 8.78 Å². The van der Waals surface area contributed by atoms with Crippen molar-refractivity contribution in [1.82, 2.24) is 10.3 Å². The molecule has 7 heteroatoms. The fourth-order valence-corrected chi connectivity index (χ4v) is 3.53. The molecule has 0 fully saturated rings. The van der Waals surface area contributed by atoms with Gasteiger partial charge < -0.3 is 14.8 Å². The Kier molecular flexibility index (Phi) is 6.03. The molecule has 0 unspecified atom stereocenters. The molecule has 0 radical (unpaired) electrons. The van der Waals surface area contributed by atoms with Crippen LogP contribution in [0.25, 0.3) is 10.6 Å². The summed E-state index contributed by atoms with van der Waals surface area (Å²) in [6.45, 7) is 2.31. The Morgan fingerprint density at radius 1 is 1.07 bits per heavy atom. The smallest absolute Gasteiger partial charge is 0.161 e. The van der Waals surface area contributed by atoms with Crippen LogP contribution in [-0.2, 0) is 6.54 Å². The first-order valence-electron chi connectivity index (χ1n) is 8.37. The maximum atomic E-state index is 13.9. The predicted molar refractivity (Wildman–Crippen MR) is 102 cm³/mol. The normalized spacial score (nSPS) is 12.0. The van der Waals surface area contributed by atoms with Crippen LogP contribution in [0.15, 0.2) is 41.8 Å². The molecule has 1 N–H and O–H groups in total. The van der Waals surface area contributed by atoms with Crippen molar-refractivity contribution in [3.63, 3.8) is 0 Å². The van der Waals surface area contributed by atoms with Gasteiger partial charge in [0.1, 0.15) is 16.6 Å². The lowest BCUT2D eigenvalue weighted by molar-refractivity contribution is 0.355. The topological polar surface area (TPSA) is 43.4 Å². The summed E-state index contributed by atoms with van der Waals surface area (Å²) in [5.74, 6) is 0.168. The van der Waals surface area contributed by atoms with Crippen molar-refractivity contribution >= 4 is 11.3 Å². The van der Waals surface area contributed by atoms with E-state index in [0.717, 1.165) is 22.3 Å². The van der Waals surface area contributed by atoms with E-state index in [0.29, 0.717) is 23.6 Å². The zero-order chi connectivity index (χ0) is 19.4. The zero-order valence-corrected chi connectivity index (χ0v) is 16.1. The van der Waals surface area contributed by atoms with Crippen molar-refractivity contribution in [2.45, 2.75) is 19.5 Å². The third kappa shape index (κ3) is 4.43. The standard InChI is InChI=1S/C20H20F2N2O2S/c1-12(16-6-5-14(21)9-17(16)22)23-10-15-11-27-20(24-15)13-4-7-18(25-2)19(8-13)26-3/h4-9,11-12,23H,10H2,1-3H3/t12-/m1/s1. The summed E-state index contributed by atoms with van der Waals surface area (Å²) in [5, 5.41) is 6.02. The molecule has 0 spiro atoms. The highest BCUT2D eigenvalue weighted by molar-refractivity contribution is 7.13. The number of thiazole rings is 1. The number of hydrogen-bond donors (Lipinski definition) is 1. The minimum absolute atomic E-state index is 0.267. The number of ether oxygens (including phenoxy) is 2. The molecule has 3 aromatic rings. The van der Waals surface area contributed by atoms with Gasteiger partial charge in [-0.05, 0) is 31.2 Å². The van der Waals surface area contributed by atoms with E-state index in [1.54, 1.807) is 14.2 Å². The van der Waals surface area contributed by atoms with Crippen molar-refractivity contribution in [2.75, 3.05) is 14.2 Å². The molecule has 1 atom stereocenters. The highest BCUT2D eigenvalue weighted by Crippen LogP contribution is 2.33. The molecular weight excluding hydrogens is 370 g/mol. The molecule has 142 valence electrons. The summed E-state index contributed by atoms with van der Waals surface area (Å²) in [4.78, 5) is 4.62. The largest absolute Gasteiger partial charge is 0.493 e. The van der Waals surface area contributed by atoms with Crippen LogP contribution in [-0.4, -0.2) is 19.2 Å². The second-order valence-corrected chi connectivity index (χ2v) is 6.84. The number of benzene rings is 2. The molecule has 27 heavy (non-hydrogen) atoms. The second-order valence-electron chi connectivity index (χ2n) is 5.98. The molecule has 0 aliphatic carbocycles. The van der Waals surface area contributed by atoms with Crippen molar-refractivity contribution in [1.29, 1.82) is 0 Å². The second kappa shape index (κ2) is 8.45. The number of rotatable bonds is 7. The first-order valence-corrected chi connectivity index (χ1v) is 9.25. The Morgan fingerprint density at radius 3 is 2.56 bits per heavy atom. The van der Waals surface area contributed by atoms with Gasteiger partial charge in [0.05, 0.1) is 19.9 Å². The minimum Gasteiger partial charge on any atom is -0.493 e. The Balaban J connectivity index is 1.69. The number of methoxy groups -OCH3 is 2. The molecule has 2 aromatic carbocycles. The minimum atomic E-state index is -0.581. The van der Waals surface area contributed by atoms with E-state index in [1.165, 1.54) is 23.5 Å². The summed E-state index contributed by atoms with van der Waals surface area (Å²) in [7, 11) is 3.19. The van der Waals surface area contributed by atoms with Gasteiger partial charge in [-0.3, -0.25) is 0 Å². The maximum Gasteiger partial charge on any atom is 0.161 e. The van der Waals surface area contributed by atoms with Crippen LogP contribution in [0.4, 0.5) is 8.78 Å². The first kappa shape index (κ1) is 19.3. The molecule has 0 saturated heterocycles. The number of nitrogens with zero attached hydrogens (tertiary/aromatic N) is 1. The van der Waals surface area contributed by atoms with Crippen LogP contribution >= 0.6 is 11.3 Å². The Labute approximate surface area is 160 Å². The van der Waals surface area contributed by atoms with Crippen molar-refractivity contribution in [3.05, 3.63) is 64.7 Å². The van der Waals surface area contributed by atoms with Crippen molar-refractivity contribution < 1.29 is 18.3 Å². The van der Waals surface area contributed by atoms with E-state index in [-0.39, 0.29) is 6.04 Å². The summed E-state index contributed by atoms with van der Waals surface area (Å²) in [6, 6.07) is 8.99. The molecule has 0 bridgehead atoms. The number of hydrogen-bond acceptors (Lipinski definition) is 5. The third-order valence-corrected chi connectivity index (χ3v) is 5.14. The average molecular weight is 390 g/mol. The summed E-state index contributed by atoms with van der Waals surface area (Å²) < 4.78 is 37.5. The molecular formula is C20H20F2N2O2S. The van der Waals surface area contributed by atoms with Crippen LogP contribution in [0, 0.1) is 11.6 Å². The van der Waals surface area contributed by atoms with E-state index in [2.05, 4.69) is 10.3 Å². The van der Waals surface area contributed by atoms with Gasteiger partial charge >= 0.3 is 0 Å². The fourth-order valence-electron chi connectivity index (χ4n) is 2.71. The highest BCUT2D eigenvalue weighted by atomic mass is 32.1. The quantitative estimate of drug-likeness (QED) is 0.619. The van der Waals surface area contributed by atoms with Crippen LogP contribution in [0.3, 0.4) is 0 Å². The highest BCUT2D eigenvalue weighted by Gasteiger charge is 2.13. The summed E-state index contributed by atoms with van der Waals surface area (Å²) in [5.41, 5.74) is 2.20. The van der Waals surface area contributed by atoms with E-state index in [4.69, 9.17) is 9.47 Å². The summed E-state index contributed by atoms with van der Waals surface area (Å²) >= 11 is 1.52. The van der Waals surface area contributed by atoms with Crippen molar-refractivity contribution in [2.24, 2.45) is 0 Å². The van der Waals surface area contributed by atoms with Crippen LogP contribution in [0.1, 0.15) is 24.2 Å². The maximum absolute atomic E-state index is 13.9. The molecule has 1 heterocycles. The molecule has 0 aliphatic rings. The van der Waals surface area contributed by atoms with E-state index >= 15 is 0 Å². The number of nitrogens with one attached hydrogen (secondary N) is 1. The molecule has 1 aromatic heterocycles. The van der Waals surface area contributed by atoms with Gasteiger partial charge in [-0.25, -0.2) is 13.8 Å². The van der Waals surface area contributed by atoms with Crippen LogP contribution in [0.5, 0.6) is 11.5 Å². The Bertz CT molecular complexity index is 930. The molecule has 0 amide bonds.